The van der Waals surface area contributed by atoms with Crippen LogP contribution in [0.5, 0.6) is 0 Å². The second-order valence-electron chi connectivity index (χ2n) is 9.80. The largest absolute Gasteiger partial charge is 0.454 e. The summed E-state index contributed by atoms with van der Waals surface area (Å²) >= 11 is 0. The maximum Gasteiger partial charge on any atom is 0.408 e. The van der Waals surface area contributed by atoms with Crippen LogP contribution in [0.3, 0.4) is 0 Å². The average Bonchev–Trinajstić information content (AvgIpc) is 3.04. The van der Waals surface area contributed by atoms with Gasteiger partial charge in [-0.25, -0.2) is 9.59 Å². The van der Waals surface area contributed by atoms with Crippen LogP contribution in [0.4, 0.5) is 10.5 Å². The number of esters is 1. The van der Waals surface area contributed by atoms with Gasteiger partial charge in [0.05, 0.1) is 16.5 Å². The first kappa shape index (κ1) is 33.7. The molecule has 6 N–H and O–H groups in total. The summed E-state index contributed by atoms with van der Waals surface area (Å²) in [6.07, 6.45) is -0.354. The van der Waals surface area contributed by atoms with Crippen molar-refractivity contribution in [1.82, 2.24) is 10.6 Å². The molecule has 0 bridgehead atoms. The highest BCUT2D eigenvalue weighted by atomic mass is 16.6. The van der Waals surface area contributed by atoms with Crippen LogP contribution in [-0.2, 0) is 32.1 Å². The maximum absolute atomic E-state index is 13.5. The highest BCUT2D eigenvalue weighted by molar-refractivity contribution is 5.95. The van der Waals surface area contributed by atoms with Gasteiger partial charge in [-0.2, -0.15) is 0 Å². The van der Waals surface area contributed by atoms with Crippen LogP contribution in [0.1, 0.15) is 34.3 Å². The van der Waals surface area contributed by atoms with E-state index in [4.69, 9.17) is 20.9 Å². The van der Waals surface area contributed by atoms with Crippen LogP contribution in [0, 0.1) is 10.1 Å². The van der Waals surface area contributed by atoms with E-state index < -0.39 is 47.4 Å². The van der Waals surface area contributed by atoms with E-state index in [9.17, 15) is 29.3 Å². The number of amides is 2. The Balaban J connectivity index is 1.70. The summed E-state index contributed by atoms with van der Waals surface area (Å²) in [4.78, 5) is 65.9. The smallest absolute Gasteiger partial charge is 0.408 e. The minimum atomic E-state index is -1.13. The van der Waals surface area contributed by atoms with Gasteiger partial charge in [-0.3, -0.25) is 24.7 Å². The van der Waals surface area contributed by atoms with Gasteiger partial charge in [0.25, 0.3) is 5.69 Å². The van der Waals surface area contributed by atoms with Crippen molar-refractivity contribution in [2.45, 2.75) is 38.0 Å². The molecule has 2 amide bonds. The normalized spacial score (nSPS) is 11.7. The molecule has 0 aliphatic carbocycles. The Hall–Kier alpha value is -5.79. The lowest BCUT2D eigenvalue weighted by Gasteiger charge is -2.23. The minimum absolute atomic E-state index is 0.00267. The van der Waals surface area contributed by atoms with Crippen molar-refractivity contribution in [2.24, 2.45) is 16.5 Å². The summed E-state index contributed by atoms with van der Waals surface area (Å²) in [5, 5.41) is 16.1. The molecule has 0 saturated heterocycles. The number of Topliss-reactive ketones (excluding diaryl/α,β-unsaturated/α-hetero) is 1. The van der Waals surface area contributed by atoms with Gasteiger partial charge in [-0.15, -0.1) is 0 Å². The number of carbonyl (C=O) groups is 4. The number of ether oxygens (including phenoxy) is 2. The summed E-state index contributed by atoms with van der Waals surface area (Å²) in [6.45, 7) is -0.542. The molecule has 14 nitrogen and oxygen atoms in total. The van der Waals surface area contributed by atoms with Crippen molar-refractivity contribution in [3.05, 3.63) is 112 Å². The first-order valence-electron chi connectivity index (χ1n) is 13.9. The molecule has 0 aliphatic heterocycles. The van der Waals surface area contributed by atoms with Gasteiger partial charge in [0.15, 0.2) is 18.3 Å². The van der Waals surface area contributed by atoms with Crippen molar-refractivity contribution in [1.29, 1.82) is 0 Å². The number of ketones is 1. The molecule has 0 saturated carbocycles. The maximum atomic E-state index is 13.5. The van der Waals surface area contributed by atoms with Gasteiger partial charge < -0.3 is 31.6 Å². The number of nitro benzene ring substituents is 1. The van der Waals surface area contributed by atoms with E-state index in [0.717, 1.165) is 23.3 Å². The molecule has 0 fully saturated rings. The lowest BCUT2D eigenvalue weighted by molar-refractivity contribution is -0.384. The minimum Gasteiger partial charge on any atom is -0.454 e. The second kappa shape index (κ2) is 17.4. The molecule has 0 spiro atoms. The molecule has 0 unspecified atom stereocenters. The molecule has 0 aliphatic rings. The van der Waals surface area contributed by atoms with Crippen molar-refractivity contribution in [3.8, 4) is 0 Å². The highest BCUT2D eigenvalue weighted by Gasteiger charge is 2.28. The fourth-order valence-corrected chi connectivity index (χ4v) is 4.10. The number of benzene rings is 3. The summed E-state index contributed by atoms with van der Waals surface area (Å²) in [5.74, 6) is -2.32. The topological polar surface area (TPSA) is 218 Å². The number of carbonyl (C=O) groups excluding carboxylic acids is 4. The lowest BCUT2D eigenvalue weighted by atomic mass is 10.0. The lowest BCUT2D eigenvalue weighted by Crippen LogP contribution is -2.53. The number of hydrogen-bond acceptors (Lipinski definition) is 9. The Morgan fingerprint density at radius 2 is 1.44 bits per heavy atom. The average molecular weight is 619 g/mol. The number of nitrogens with zero attached hydrogens (tertiary/aromatic N) is 2. The number of rotatable bonds is 16. The molecule has 3 rings (SSSR count). The monoisotopic (exact) mass is 618 g/mol. The standard InChI is InChI=1S/C31H34N6O8/c32-30(33)34-17-7-12-25(27(38)20-44-29(40)23-13-15-24(16-14-23)37(42)43)35-28(39)26(18-21-8-3-1-4-9-21)36-31(41)45-19-22-10-5-2-6-11-22/h1-6,8-11,13-16,25-26H,7,12,17-20H2,(H,35,39)(H,36,41)(H4,32,33,34)/t25-,26-/m0/s1. The van der Waals surface area contributed by atoms with Gasteiger partial charge in [0, 0.05) is 25.1 Å². The molecule has 3 aromatic carbocycles. The summed E-state index contributed by atoms with van der Waals surface area (Å²) < 4.78 is 10.4. The molecule has 0 radical (unpaired) electrons. The summed E-state index contributed by atoms with van der Waals surface area (Å²) in [5.41, 5.74) is 12.0. The van der Waals surface area contributed by atoms with Crippen molar-refractivity contribution < 1.29 is 33.6 Å². The number of non-ortho nitro benzene ring substituents is 1. The van der Waals surface area contributed by atoms with Crippen LogP contribution in [0.15, 0.2) is 89.9 Å². The number of aliphatic imine (C=N–C) groups is 1. The number of nitrogens with one attached hydrogen (secondary N) is 2. The van der Waals surface area contributed by atoms with Crippen LogP contribution >= 0.6 is 0 Å². The van der Waals surface area contributed by atoms with Crippen LogP contribution in [0.2, 0.25) is 0 Å². The predicted molar refractivity (Wildman–Crippen MR) is 164 cm³/mol. The van der Waals surface area contributed by atoms with Gasteiger partial charge in [0.1, 0.15) is 12.6 Å². The molecule has 14 heteroatoms. The third kappa shape index (κ3) is 11.8. The Kier molecular flexibility index (Phi) is 13.0. The van der Waals surface area contributed by atoms with Crippen LogP contribution < -0.4 is 22.1 Å². The third-order valence-electron chi connectivity index (χ3n) is 6.41. The number of nitro groups is 1. The summed E-state index contributed by atoms with van der Waals surface area (Å²) in [7, 11) is 0. The first-order chi connectivity index (χ1) is 21.6. The molecular weight excluding hydrogens is 584 g/mol. The van der Waals surface area contributed by atoms with Gasteiger partial charge in [-0.05, 0) is 36.1 Å². The van der Waals surface area contributed by atoms with Gasteiger partial charge in [-0.1, -0.05) is 60.7 Å². The molecule has 0 aromatic heterocycles. The fourth-order valence-electron chi connectivity index (χ4n) is 4.10. The van der Waals surface area contributed by atoms with Gasteiger partial charge in [0.2, 0.25) is 5.91 Å². The zero-order valence-electron chi connectivity index (χ0n) is 24.3. The Morgan fingerprint density at radius 1 is 0.822 bits per heavy atom. The van der Waals surface area contributed by atoms with Crippen LogP contribution in [-0.4, -0.2) is 59.9 Å². The quantitative estimate of drug-likeness (QED) is 0.0459. The molecule has 45 heavy (non-hydrogen) atoms. The predicted octanol–water partition coefficient (Wildman–Crippen LogP) is 2.40. The molecule has 236 valence electrons. The third-order valence-corrected chi connectivity index (χ3v) is 6.41. The van der Waals surface area contributed by atoms with E-state index >= 15 is 0 Å². The number of nitrogens with two attached hydrogens (primary N) is 2. The molecule has 2 atom stereocenters. The fraction of sp³-hybridized carbons (Fsp3) is 0.258. The van der Waals surface area contributed by atoms with Crippen molar-refractivity contribution in [2.75, 3.05) is 13.2 Å². The Labute approximate surface area is 258 Å². The van der Waals surface area contributed by atoms with E-state index in [1.165, 1.54) is 12.1 Å². The number of hydrogen-bond donors (Lipinski definition) is 4. The Bertz CT molecular complexity index is 1480. The second-order valence-corrected chi connectivity index (χ2v) is 9.80. The SMILES string of the molecule is NC(N)=NCCC[C@H](NC(=O)[C@H](Cc1ccccc1)NC(=O)OCc1ccccc1)C(=O)COC(=O)c1ccc([N+](=O)[O-])cc1. The van der Waals surface area contributed by atoms with E-state index in [1.54, 1.807) is 48.5 Å². The molecule has 0 heterocycles. The van der Waals surface area contributed by atoms with Gasteiger partial charge >= 0.3 is 12.1 Å². The molecule has 3 aromatic rings. The van der Waals surface area contributed by atoms with E-state index in [1.807, 2.05) is 12.1 Å². The number of alkyl carbamates (subject to hydrolysis) is 1. The van der Waals surface area contributed by atoms with Crippen molar-refractivity contribution in [3.63, 3.8) is 0 Å². The zero-order valence-corrected chi connectivity index (χ0v) is 24.3. The first-order valence-corrected chi connectivity index (χ1v) is 13.9. The number of guanidine groups is 1. The van der Waals surface area contributed by atoms with E-state index in [2.05, 4.69) is 15.6 Å². The zero-order chi connectivity index (χ0) is 32.6. The molecular formula is C31H34N6O8. The summed E-state index contributed by atoms with van der Waals surface area (Å²) in [6, 6.07) is 20.4. The van der Waals surface area contributed by atoms with Crippen molar-refractivity contribution >= 4 is 35.4 Å². The van der Waals surface area contributed by atoms with E-state index in [0.29, 0.717) is 6.42 Å². The van der Waals surface area contributed by atoms with E-state index in [-0.39, 0.29) is 43.2 Å². The highest BCUT2D eigenvalue weighted by Crippen LogP contribution is 2.13. The van der Waals surface area contributed by atoms with Crippen LogP contribution in [0.25, 0.3) is 0 Å². The Morgan fingerprint density at radius 3 is 2.04 bits per heavy atom.